The Kier molecular flexibility index (Phi) is 4.67. The number of hydrogen-bond acceptors (Lipinski definition) is 4. The van der Waals surface area contributed by atoms with Gasteiger partial charge < -0.3 is 10.1 Å². The van der Waals surface area contributed by atoms with E-state index < -0.39 is 9.84 Å². The molecule has 0 aromatic carbocycles. The molecule has 2 rings (SSSR count). The first kappa shape index (κ1) is 14.3. The molecule has 2 fully saturated rings. The van der Waals surface area contributed by atoms with Gasteiger partial charge in [-0.3, -0.25) is 0 Å². The van der Waals surface area contributed by atoms with Crippen LogP contribution in [0.25, 0.3) is 0 Å². The van der Waals surface area contributed by atoms with Crippen LogP contribution in [0.2, 0.25) is 0 Å². The highest BCUT2D eigenvalue weighted by Crippen LogP contribution is 2.32. The van der Waals surface area contributed by atoms with Gasteiger partial charge in [0, 0.05) is 19.3 Å². The van der Waals surface area contributed by atoms with E-state index in [2.05, 4.69) is 12.2 Å². The molecule has 1 aliphatic carbocycles. The van der Waals surface area contributed by atoms with Crippen LogP contribution in [-0.4, -0.2) is 45.2 Å². The van der Waals surface area contributed by atoms with Crippen molar-refractivity contribution < 1.29 is 13.2 Å². The highest BCUT2D eigenvalue weighted by atomic mass is 32.2. The topological polar surface area (TPSA) is 55.4 Å². The van der Waals surface area contributed by atoms with Crippen LogP contribution in [0.3, 0.4) is 0 Å². The van der Waals surface area contributed by atoms with E-state index >= 15 is 0 Å². The Labute approximate surface area is 110 Å². The highest BCUT2D eigenvalue weighted by Gasteiger charge is 2.41. The van der Waals surface area contributed by atoms with E-state index in [9.17, 15) is 8.42 Å². The number of nitrogens with one attached hydrogen (secondary N) is 1. The maximum absolute atomic E-state index is 12.8. The van der Waals surface area contributed by atoms with Crippen molar-refractivity contribution in [2.75, 3.05) is 20.3 Å². The standard InChI is InChI=1S/C13H25NO3S/c1-10-3-4-12(14-2)13(9-10)18(15,16)11-5-7-17-8-6-11/h10-14H,3-9H2,1-2H3. The molecule has 2 aliphatic rings. The van der Waals surface area contributed by atoms with Crippen molar-refractivity contribution >= 4 is 9.84 Å². The van der Waals surface area contributed by atoms with Gasteiger partial charge in [0.15, 0.2) is 9.84 Å². The minimum absolute atomic E-state index is 0.133. The minimum atomic E-state index is -3.02. The fourth-order valence-electron chi connectivity index (χ4n) is 3.27. The Morgan fingerprint density at radius 1 is 1.11 bits per heavy atom. The highest BCUT2D eigenvalue weighted by molar-refractivity contribution is 7.92. The zero-order valence-corrected chi connectivity index (χ0v) is 12.2. The third-order valence-electron chi connectivity index (χ3n) is 4.48. The van der Waals surface area contributed by atoms with Crippen molar-refractivity contribution in [2.45, 2.75) is 55.6 Å². The quantitative estimate of drug-likeness (QED) is 0.845. The predicted octanol–water partition coefficient (Wildman–Crippen LogP) is 1.36. The normalized spacial score (nSPS) is 35.6. The zero-order valence-electron chi connectivity index (χ0n) is 11.4. The lowest BCUT2D eigenvalue weighted by atomic mass is 9.87. The molecule has 3 atom stereocenters. The van der Waals surface area contributed by atoms with Crippen LogP contribution in [0.5, 0.6) is 0 Å². The summed E-state index contributed by atoms with van der Waals surface area (Å²) in [6, 6.07) is 0.133. The zero-order chi connectivity index (χ0) is 13.2. The van der Waals surface area contributed by atoms with Gasteiger partial charge in [-0.1, -0.05) is 6.92 Å². The summed E-state index contributed by atoms with van der Waals surface area (Å²) in [4.78, 5) is 0. The molecule has 18 heavy (non-hydrogen) atoms. The maximum Gasteiger partial charge on any atom is 0.157 e. The van der Waals surface area contributed by atoms with Gasteiger partial charge in [0.2, 0.25) is 0 Å². The van der Waals surface area contributed by atoms with Crippen molar-refractivity contribution in [2.24, 2.45) is 5.92 Å². The van der Waals surface area contributed by atoms with Crippen LogP contribution in [0.1, 0.15) is 39.0 Å². The first-order chi connectivity index (χ1) is 8.55. The second-order valence-corrected chi connectivity index (χ2v) is 8.20. The Bertz CT molecular complexity index is 362. The van der Waals surface area contributed by atoms with Crippen molar-refractivity contribution in [1.82, 2.24) is 5.32 Å². The van der Waals surface area contributed by atoms with Crippen LogP contribution in [-0.2, 0) is 14.6 Å². The predicted molar refractivity (Wildman–Crippen MR) is 72.4 cm³/mol. The van der Waals surface area contributed by atoms with Crippen molar-refractivity contribution in [3.8, 4) is 0 Å². The van der Waals surface area contributed by atoms with Crippen LogP contribution in [0.4, 0.5) is 0 Å². The van der Waals surface area contributed by atoms with Crippen LogP contribution in [0.15, 0.2) is 0 Å². The first-order valence-electron chi connectivity index (χ1n) is 7.03. The van der Waals surface area contributed by atoms with Gasteiger partial charge in [-0.15, -0.1) is 0 Å². The summed E-state index contributed by atoms with van der Waals surface area (Å²) < 4.78 is 30.8. The first-order valence-corrected chi connectivity index (χ1v) is 8.64. The fourth-order valence-corrected chi connectivity index (χ4v) is 5.94. The van der Waals surface area contributed by atoms with E-state index in [1.807, 2.05) is 7.05 Å². The molecule has 0 amide bonds. The average Bonchev–Trinajstić information content (AvgIpc) is 2.39. The maximum atomic E-state index is 12.8. The second kappa shape index (κ2) is 5.88. The van der Waals surface area contributed by atoms with Gasteiger partial charge in [-0.05, 0) is 45.1 Å². The molecule has 1 aliphatic heterocycles. The van der Waals surface area contributed by atoms with Crippen LogP contribution < -0.4 is 5.32 Å². The summed E-state index contributed by atoms with van der Waals surface area (Å²) in [5.74, 6) is 0.522. The number of hydrogen-bond donors (Lipinski definition) is 1. The van der Waals surface area contributed by atoms with E-state index in [0.29, 0.717) is 32.0 Å². The third kappa shape index (κ3) is 2.89. The molecule has 0 radical (unpaired) electrons. The largest absolute Gasteiger partial charge is 0.381 e. The van der Waals surface area contributed by atoms with E-state index in [0.717, 1.165) is 19.3 Å². The van der Waals surface area contributed by atoms with Crippen LogP contribution >= 0.6 is 0 Å². The molecule has 5 heteroatoms. The molecule has 4 nitrogen and oxygen atoms in total. The van der Waals surface area contributed by atoms with E-state index in [1.54, 1.807) is 0 Å². The molecular weight excluding hydrogens is 250 g/mol. The van der Waals surface area contributed by atoms with Gasteiger partial charge in [-0.2, -0.15) is 0 Å². The molecule has 1 N–H and O–H groups in total. The summed E-state index contributed by atoms with van der Waals surface area (Å²) in [7, 11) is -1.14. The molecule has 1 saturated heterocycles. The smallest absolute Gasteiger partial charge is 0.157 e. The van der Waals surface area contributed by atoms with Gasteiger partial charge in [0.1, 0.15) is 0 Å². The average molecular weight is 275 g/mol. The lowest BCUT2D eigenvalue weighted by molar-refractivity contribution is 0.0979. The summed E-state index contributed by atoms with van der Waals surface area (Å²) in [6.45, 7) is 3.35. The number of rotatable bonds is 3. The SMILES string of the molecule is CNC1CCC(C)CC1S(=O)(=O)C1CCOCC1. The van der Waals surface area contributed by atoms with Crippen LogP contribution in [0, 0.1) is 5.92 Å². The lowest BCUT2D eigenvalue weighted by Gasteiger charge is -2.37. The number of ether oxygens (including phenoxy) is 1. The molecule has 1 heterocycles. The molecular formula is C13H25NO3S. The lowest BCUT2D eigenvalue weighted by Crippen LogP contribution is -2.50. The van der Waals surface area contributed by atoms with Crippen molar-refractivity contribution in [1.29, 1.82) is 0 Å². The fraction of sp³-hybridized carbons (Fsp3) is 1.00. The summed E-state index contributed by atoms with van der Waals surface area (Å²) >= 11 is 0. The molecule has 0 bridgehead atoms. The molecule has 1 saturated carbocycles. The van der Waals surface area contributed by atoms with Gasteiger partial charge in [0.25, 0.3) is 0 Å². The Hall–Kier alpha value is -0.130. The molecule has 0 aromatic heterocycles. The van der Waals surface area contributed by atoms with E-state index in [1.165, 1.54) is 0 Å². The molecule has 106 valence electrons. The minimum Gasteiger partial charge on any atom is -0.381 e. The van der Waals surface area contributed by atoms with Gasteiger partial charge >= 0.3 is 0 Å². The van der Waals surface area contributed by atoms with Crippen molar-refractivity contribution in [3.63, 3.8) is 0 Å². The summed E-state index contributed by atoms with van der Waals surface area (Å²) in [5.41, 5.74) is 0. The summed E-state index contributed by atoms with van der Waals surface area (Å²) in [5, 5.41) is 2.83. The molecule has 3 unspecified atom stereocenters. The second-order valence-electron chi connectivity index (χ2n) is 5.75. The molecule has 0 aromatic rings. The Morgan fingerprint density at radius 3 is 2.39 bits per heavy atom. The third-order valence-corrected chi connectivity index (χ3v) is 7.25. The molecule has 0 spiro atoms. The van der Waals surface area contributed by atoms with E-state index in [4.69, 9.17) is 4.74 Å². The van der Waals surface area contributed by atoms with Crippen molar-refractivity contribution in [3.05, 3.63) is 0 Å². The van der Waals surface area contributed by atoms with E-state index in [-0.39, 0.29) is 16.5 Å². The Balaban J connectivity index is 2.15. The number of sulfone groups is 1. The van der Waals surface area contributed by atoms with Gasteiger partial charge in [0.05, 0.1) is 10.5 Å². The monoisotopic (exact) mass is 275 g/mol. The van der Waals surface area contributed by atoms with Gasteiger partial charge in [-0.25, -0.2) is 8.42 Å². The Morgan fingerprint density at radius 2 is 1.78 bits per heavy atom. The summed E-state index contributed by atoms with van der Waals surface area (Å²) in [6.07, 6.45) is 4.26.